The predicted octanol–water partition coefficient (Wildman–Crippen LogP) is 2.29. The number of hydrogen-bond acceptors (Lipinski definition) is 3. The van der Waals surface area contributed by atoms with Crippen LogP contribution in [0, 0.1) is 34.9 Å². The van der Waals surface area contributed by atoms with E-state index in [0.717, 1.165) is 24.8 Å². The summed E-state index contributed by atoms with van der Waals surface area (Å²) >= 11 is 0. The Bertz CT molecular complexity index is 611. The minimum atomic E-state index is -0.725. The van der Waals surface area contributed by atoms with Gasteiger partial charge in [-0.05, 0) is 48.8 Å². The highest BCUT2D eigenvalue weighted by Crippen LogP contribution is 2.48. The molecule has 0 aromatic heterocycles. The molecule has 2 saturated carbocycles. The molecule has 3 rings (SSSR count). The topological polar surface area (TPSA) is 73.1 Å². The molecule has 2 fully saturated rings. The van der Waals surface area contributed by atoms with E-state index in [1.165, 1.54) is 12.1 Å². The molecule has 0 amide bonds. The van der Waals surface area contributed by atoms with Crippen LogP contribution in [0.15, 0.2) is 18.2 Å². The Kier molecular flexibility index (Phi) is 3.64. The smallest absolute Gasteiger partial charge is 0.308 e. The van der Waals surface area contributed by atoms with Crippen LogP contribution in [-0.2, 0) is 11.3 Å². The average Bonchev–Trinajstić information content (AvgIpc) is 3.06. The molecule has 0 spiro atoms. The number of aliphatic carboxylic acids is 1. The Morgan fingerprint density at radius 1 is 1.43 bits per heavy atom. The molecule has 110 valence electrons. The van der Waals surface area contributed by atoms with Crippen LogP contribution >= 0.6 is 0 Å². The highest BCUT2D eigenvalue weighted by atomic mass is 19.1. The van der Waals surface area contributed by atoms with E-state index in [9.17, 15) is 14.3 Å². The maximum absolute atomic E-state index is 13.3. The van der Waals surface area contributed by atoms with Gasteiger partial charge in [-0.25, -0.2) is 4.39 Å². The van der Waals surface area contributed by atoms with E-state index in [2.05, 4.69) is 5.32 Å². The first-order chi connectivity index (χ1) is 10.1. The van der Waals surface area contributed by atoms with Crippen LogP contribution in [0.3, 0.4) is 0 Å². The summed E-state index contributed by atoms with van der Waals surface area (Å²) in [6, 6.07) is 6.24. The van der Waals surface area contributed by atoms with Crippen LogP contribution in [0.25, 0.3) is 0 Å². The van der Waals surface area contributed by atoms with Crippen LogP contribution in [0.1, 0.15) is 30.4 Å². The monoisotopic (exact) mass is 288 g/mol. The summed E-state index contributed by atoms with van der Waals surface area (Å²) in [6.45, 7) is 0.465. The van der Waals surface area contributed by atoms with Gasteiger partial charge >= 0.3 is 5.97 Å². The van der Waals surface area contributed by atoms with Crippen molar-refractivity contribution in [2.45, 2.75) is 31.8 Å². The van der Waals surface area contributed by atoms with E-state index >= 15 is 0 Å². The molecule has 5 heteroatoms. The number of nitrogens with zero attached hydrogens (tertiary/aromatic N) is 1. The minimum Gasteiger partial charge on any atom is -0.481 e. The van der Waals surface area contributed by atoms with Crippen molar-refractivity contribution in [1.29, 1.82) is 5.26 Å². The number of carboxylic acid groups (broad SMARTS) is 1. The van der Waals surface area contributed by atoms with Gasteiger partial charge < -0.3 is 10.4 Å². The Morgan fingerprint density at radius 3 is 2.90 bits per heavy atom. The third-order valence-corrected chi connectivity index (χ3v) is 4.89. The highest BCUT2D eigenvalue weighted by Gasteiger charge is 2.50. The second-order valence-electron chi connectivity index (χ2n) is 6.03. The van der Waals surface area contributed by atoms with Crippen molar-refractivity contribution in [3.8, 4) is 6.07 Å². The Balaban J connectivity index is 1.70. The first-order valence-corrected chi connectivity index (χ1v) is 7.25. The molecule has 2 bridgehead atoms. The average molecular weight is 288 g/mol. The van der Waals surface area contributed by atoms with Crippen LogP contribution < -0.4 is 5.32 Å². The van der Waals surface area contributed by atoms with E-state index in [-0.39, 0.29) is 23.4 Å². The van der Waals surface area contributed by atoms with Crippen molar-refractivity contribution in [2.24, 2.45) is 17.8 Å². The van der Waals surface area contributed by atoms with Gasteiger partial charge in [-0.15, -0.1) is 0 Å². The lowest BCUT2D eigenvalue weighted by molar-refractivity contribution is -0.144. The summed E-state index contributed by atoms with van der Waals surface area (Å²) in [5.74, 6) is -0.861. The summed E-state index contributed by atoms with van der Waals surface area (Å²) in [6.07, 6.45) is 3.08. The molecule has 0 saturated heterocycles. The SMILES string of the molecule is N#Cc1cc(CNC2C3CCC(C3)C2C(=O)O)ccc1F. The fourth-order valence-corrected chi connectivity index (χ4v) is 3.94. The third-order valence-electron chi connectivity index (χ3n) is 4.89. The van der Waals surface area contributed by atoms with Crippen molar-refractivity contribution >= 4 is 5.97 Å². The minimum absolute atomic E-state index is 0.0168. The van der Waals surface area contributed by atoms with Gasteiger partial charge in [0.15, 0.2) is 0 Å². The maximum Gasteiger partial charge on any atom is 0.308 e. The molecule has 21 heavy (non-hydrogen) atoms. The summed E-state index contributed by atoms with van der Waals surface area (Å²) in [5, 5.41) is 21.5. The number of nitrogens with one attached hydrogen (secondary N) is 1. The molecule has 2 aliphatic carbocycles. The number of hydrogen-bond donors (Lipinski definition) is 2. The van der Waals surface area contributed by atoms with E-state index < -0.39 is 11.8 Å². The van der Waals surface area contributed by atoms with Gasteiger partial charge in [0.05, 0.1) is 11.5 Å². The molecule has 2 N–H and O–H groups in total. The number of halogens is 1. The van der Waals surface area contributed by atoms with Gasteiger partial charge in [0, 0.05) is 12.6 Å². The van der Waals surface area contributed by atoms with Crippen molar-refractivity contribution in [2.75, 3.05) is 0 Å². The summed E-state index contributed by atoms with van der Waals surface area (Å²) in [4.78, 5) is 11.4. The largest absolute Gasteiger partial charge is 0.481 e. The van der Waals surface area contributed by atoms with Crippen LogP contribution in [-0.4, -0.2) is 17.1 Å². The van der Waals surface area contributed by atoms with Gasteiger partial charge in [0.25, 0.3) is 0 Å². The molecule has 0 heterocycles. The predicted molar refractivity (Wildman–Crippen MR) is 73.7 cm³/mol. The lowest BCUT2D eigenvalue weighted by Crippen LogP contribution is -2.43. The van der Waals surface area contributed by atoms with Gasteiger partial charge in [-0.2, -0.15) is 5.26 Å². The molecule has 4 unspecified atom stereocenters. The lowest BCUT2D eigenvalue weighted by atomic mass is 9.84. The highest BCUT2D eigenvalue weighted by molar-refractivity contribution is 5.72. The van der Waals surface area contributed by atoms with E-state index in [4.69, 9.17) is 5.26 Å². The Morgan fingerprint density at radius 2 is 2.19 bits per heavy atom. The van der Waals surface area contributed by atoms with E-state index in [0.29, 0.717) is 12.5 Å². The number of rotatable bonds is 4. The zero-order valence-electron chi connectivity index (χ0n) is 11.6. The lowest BCUT2D eigenvalue weighted by Gasteiger charge is -2.29. The molecule has 1 aromatic carbocycles. The van der Waals surface area contributed by atoms with E-state index in [1.807, 2.05) is 6.07 Å². The summed E-state index contributed by atoms with van der Waals surface area (Å²) < 4.78 is 13.3. The van der Waals surface area contributed by atoms with Crippen LogP contribution in [0.2, 0.25) is 0 Å². The van der Waals surface area contributed by atoms with E-state index in [1.54, 1.807) is 6.07 Å². The number of carbonyl (C=O) groups is 1. The number of benzene rings is 1. The third kappa shape index (κ3) is 2.52. The molecule has 2 aliphatic rings. The quantitative estimate of drug-likeness (QED) is 0.891. The summed E-state index contributed by atoms with van der Waals surface area (Å²) in [5.41, 5.74) is 0.830. The van der Waals surface area contributed by atoms with Gasteiger partial charge in [0.2, 0.25) is 0 Å². The van der Waals surface area contributed by atoms with Gasteiger partial charge in [0.1, 0.15) is 11.9 Å². The number of nitriles is 1. The van der Waals surface area contributed by atoms with Crippen LogP contribution in [0.5, 0.6) is 0 Å². The zero-order chi connectivity index (χ0) is 15.0. The van der Waals surface area contributed by atoms with Crippen molar-refractivity contribution in [3.05, 3.63) is 35.1 Å². The maximum atomic E-state index is 13.3. The number of carboxylic acids is 1. The normalized spacial score (nSPS) is 30.3. The second-order valence-corrected chi connectivity index (χ2v) is 6.03. The Labute approximate surface area is 122 Å². The second kappa shape index (κ2) is 5.45. The molecule has 0 aliphatic heterocycles. The van der Waals surface area contributed by atoms with Crippen molar-refractivity contribution in [1.82, 2.24) is 5.32 Å². The first-order valence-electron chi connectivity index (χ1n) is 7.25. The Hall–Kier alpha value is -1.93. The zero-order valence-corrected chi connectivity index (χ0v) is 11.6. The molecular formula is C16H17FN2O2. The molecule has 4 nitrogen and oxygen atoms in total. The standard InChI is InChI=1S/C16H17FN2O2/c17-13-4-1-9(5-12(13)7-18)8-19-15-11-3-2-10(6-11)14(15)16(20)21/h1,4-5,10-11,14-15,19H,2-3,6,8H2,(H,20,21). The molecule has 4 atom stereocenters. The molecule has 1 aromatic rings. The summed E-state index contributed by atoms with van der Waals surface area (Å²) in [7, 11) is 0. The van der Waals surface area contributed by atoms with Crippen LogP contribution in [0.4, 0.5) is 4.39 Å². The number of fused-ring (bicyclic) bond motifs is 2. The molecular weight excluding hydrogens is 271 g/mol. The fraction of sp³-hybridized carbons (Fsp3) is 0.500. The van der Waals surface area contributed by atoms with Crippen molar-refractivity contribution < 1.29 is 14.3 Å². The first kappa shape index (κ1) is 14.0. The van der Waals surface area contributed by atoms with Crippen molar-refractivity contribution in [3.63, 3.8) is 0 Å². The van der Waals surface area contributed by atoms with Gasteiger partial charge in [-0.3, -0.25) is 4.79 Å². The molecule has 0 radical (unpaired) electrons. The fourth-order valence-electron chi connectivity index (χ4n) is 3.94. The van der Waals surface area contributed by atoms with Gasteiger partial charge in [-0.1, -0.05) is 6.07 Å².